The van der Waals surface area contributed by atoms with Gasteiger partial charge in [-0.2, -0.15) is 0 Å². The molecule has 152 valence electrons. The van der Waals surface area contributed by atoms with Crippen LogP contribution in [0.5, 0.6) is 11.5 Å². The summed E-state index contributed by atoms with van der Waals surface area (Å²) in [4.78, 5) is 4.67. The molecule has 0 spiro atoms. The number of benzene rings is 2. The number of nitrogens with zero attached hydrogens (tertiary/aromatic N) is 2. The zero-order chi connectivity index (χ0) is 20.1. The Hall–Kier alpha value is -2.50. The van der Waals surface area contributed by atoms with Crippen molar-refractivity contribution >= 4 is 11.6 Å². The molecule has 0 radical (unpaired) electrons. The van der Waals surface area contributed by atoms with Gasteiger partial charge in [-0.05, 0) is 24.1 Å². The van der Waals surface area contributed by atoms with E-state index in [0.717, 1.165) is 53.5 Å². The van der Waals surface area contributed by atoms with Gasteiger partial charge in [0.1, 0.15) is 19.0 Å². The van der Waals surface area contributed by atoms with Gasteiger partial charge in [0.25, 0.3) is 0 Å². The number of rotatable bonds is 8. The van der Waals surface area contributed by atoms with E-state index in [1.807, 2.05) is 30.3 Å². The van der Waals surface area contributed by atoms with Crippen LogP contribution in [0.25, 0.3) is 11.4 Å². The topological polar surface area (TPSA) is 48.3 Å². The van der Waals surface area contributed by atoms with Crippen molar-refractivity contribution in [3.8, 4) is 22.9 Å². The predicted octanol–water partition coefficient (Wildman–Crippen LogP) is 5.06. The van der Waals surface area contributed by atoms with Gasteiger partial charge in [0.05, 0.1) is 5.69 Å². The summed E-state index contributed by atoms with van der Waals surface area (Å²) in [5.74, 6) is 2.56. The molecule has 0 atom stereocenters. The lowest BCUT2D eigenvalue weighted by molar-refractivity contribution is 0.171. The lowest BCUT2D eigenvalue weighted by atomic mass is 10.2. The van der Waals surface area contributed by atoms with Crippen molar-refractivity contribution in [2.75, 3.05) is 13.2 Å². The van der Waals surface area contributed by atoms with Gasteiger partial charge >= 0.3 is 0 Å². The first-order valence-electron chi connectivity index (χ1n) is 10.2. The Morgan fingerprint density at radius 1 is 1.03 bits per heavy atom. The molecule has 0 fully saturated rings. The molecule has 1 aliphatic heterocycles. The summed E-state index contributed by atoms with van der Waals surface area (Å²) in [6, 6.07) is 16.3. The summed E-state index contributed by atoms with van der Waals surface area (Å²) in [5.41, 5.74) is 3.26. The number of hydrogen-bond acceptors (Lipinski definition) is 4. The maximum Gasteiger partial charge on any atom is 0.161 e. The van der Waals surface area contributed by atoms with Crippen molar-refractivity contribution in [2.24, 2.45) is 0 Å². The fourth-order valence-electron chi connectivity index (χ4n) is 3.51. The third-order valence-corrected chi connectivity index (χ3v) is 5.32. The lowest BCUT2D eigenvalue weighted by Gasteiger charge is -2.19. The van der Waals surface area contributed by atoms with Crippen molar-refractivity contribution in [2.45, 2.75) is 39.4 Å². The molecule has 0 aliphatic carbocycles. The van der Waals surface area contributed by atoms with Gasteiger partial charge in [0.2, 0.25) is 0 Å². The van der Waals surface area contributed by atoms with Crippen LogP contribution in [-0.2, 0) is 19.6 Å². The first kappa shape index (κ1) is 19.8. The molecule has 3 aromatic rings. The third kappa shape index (κ3) is 4.57. The SMILES string of the molecule is CCCCn1c(-c2ccccc2)nc(Cl)c1CNCc1ccc2c(c1)OCCO2. The van der Waals surface area contributed by atoms with E-state index in [2.05, 4.69) is 40.0 Å². The van der Waals surface area contributed by atoms with Crippen LogP contribution in [0.3, 0.4) is 0 Å². The van der Waals surface area contributed by atoms with Crippen LogP contribution in [0.15, 0.2) is 48.5 Å². The molecule has 2 aromatic carbocycles. The van der Waals surface area contributed by atoms with Crippen LogP contribution in [0, 0.1) is 0 Å². The number of fused-ring (bicyclic) bond motifs is 1. The van der Waals surface area contributed by atoms with Crippen molar-refractivity contribution in [1.82, 2.24) is 14.9 Å². The fraction of sp³-hybridized carbons (Fsp3) is 0.348. The van der Waals surface area contributed by atoms with Crippen molar-refractivity contribution in [3.63, 3.8) is 0 Å². The molecule has 0 amide bonds. The maximum absolute atomic E-state index is 6.55. The fourth-order valence-corrected chi connectivity index (χ4v) is 3.76. The van der Waals surface area contributed by atoms with Gasteiger partial charge in [-0.1, -0.05) is 61.3 Å². The molecule has 0 saturated carbocycles. The van der Waals surface area contributed by atoms with Crippen LogP contribution >= 0.6 is 11.6 Å². The minimum absolute atomic E-state index is 0.564. The third-order valence-electron chi connectivity index (χ3n) is 5.02. The van der Waals surface area contributed by atoms with Crippen molar-refractivity contribution < 1.29 is 9.47 Å². The highest BCUT2D eigenvalue weighted by Crippen LogP contribution is 2.31. The molecule has 5 nitrogen and oxygen atoms in total. The number of unbranched alkanes of at least 4 members (excludes halogenated alkanes) is 1. The molecule has 0 saturated heterocycles. The van der Waals surface area contributed by atoms with Gasteiger partial charge in [-0.25, -0.2) is 4.98 Å². The Morgan fingerprint density at radius 3 is 2.62 bits per heavy atom. The molecule has 2 heterocycles. The first-order chi connectivity index (χ1) is 14.3. The second kappa shape index (κ2) is 9.33. The number of halogens is 1. The molecule has 1 N–H and O–H groups in total. The first-order valence-corrected chi connectivity index (χ1v) is 10.5. The van der Waals surface area contributed by atoms with Crippen LogP contribution in [0.1, 0.15) is 31.0 Å². The average molecular weight is 412 g/mol. The van der Waals surface area contributed by atoms with Crippen molar-refractivity contribution in [3.05, 3.63) is 64.9 Å². The highest BCUT2D eigenvalue weighted by atomic mass is 35.5. The molecule has 1 aliphatic rings. The van der Waals surface area contributed by atoms with Crippen LogP contribution < -0.4 is 14.8 Å². The zero-order valence-corrected chi connectivity index (χ0v) is 17.4. The highest BCUT2D eigenvalue weighted by molar-refractivity contribution is 6.30. The summed E-state index contributed by atoms with van der Waals surface area (Å²) >= 11 is 6.55. The molecular weight excluding hydrogens is 386 g/mol. The minimum atomic E-state index is 0.564. The Bertz CT molecular complexity index is 956. The largest absolute Gasteiger partial charge is 0.486 e. The van der Waals surface area contributed by atoms with E-state index in [1.165, 1.54) is 0 Å². The van der Waals surface area contributed by atoms with E-state index in [-0.39, 0.29) is 0 Å². The predicted molar refractivity (Wildman–Crippen MR) is 116 cm³/mol. The Labute approximate surface area is 176 Å². The van der Waals surface area contributed by atoms with Gasteiger partial charge in [-0.3, -0.25) is 0 Å². The van der Waals surface area contributed by atoms with Gasteiger partial charge in [0, 0.05) is 25.2 Å². The standard InChI is InChI=1S/C23H26ClN3O2/c1-2-3-11-27-19(22(24)26-23(27)18-7-5-4-6-8-18)16-25-15-17-9-10-20-21(14-17)29-13-12-28-20/h4-10,14,25H,2-3,11-13,15-16H2,1H3. The average Bonchev–Trinajstić information content (AvgIpc) is 3.08. The van der Waals surface area contributed by atoms with E-state index in [0.29, 0.717) is 31.5 Å². The summed E-state index contributed by atoms with van der Waals surface area (Å²) < 4.78 is 13.5. The van der Waals surface area contributed by atoms with Crippen LogP contribution in [0.2, 0.25) is 5.15 Å². The van der Waals surface area contributed by atoms with Gasteiger partial charge in [-0.15, -0.1) is 0 Å². The quantitative estimate of drug-likeness (QED) is 0.562. The highest BCUT2D eigenvalue weighted by Gasteiger charge is 2.17. The number of imidazole rings is 1. The summed E-state index contributed by atoms with van der Waals surface area (Å²) in [6.45, 7) is 5.67. The smallest absolute Gasteiger partial charge is 0.161 e. The molecular formula is C23H26ClN3O2. The van der Waals surface area contributed by atoms with Crippen LogP contribution in [0.4, 0.5) is 0 Å². The molecule has 29 heavy (non-hydrogen) atoms. The van der Waals surface area contributed by atoms with E-state index in [1.54, 1.807) is 0 Å². The Balaban J connectivity index is 1.50. The monoisotopic (exact) mass is 411 g/mol. The molecule has 0 bridgehead atoms. The summed E-state index contributed by atoms with van der Waals surface area (Å²) in [6.07, 6.45) is 2.20. The van der Waals surface area contributed by atoms with E-state index in [4.69, 9.17) is 21.1 Å². The molecule has 0 unspecified atom stereocenters. The molecule has 4 rings (SSSR count). The van der Waals surface area contributed by atoms with E-state index >= 15 is 0 Å². The summed E-state index contributed by atoms with van der Waals surface area (Å²) in [5, 5.41) is 4.07. The van der Waals surface area contributed by atoms with Crippen molar-refractivity contribution in [1.29, 1.82) is 0 Å². The Kier molecular flexibility index (Phi) is 6.37. The van der Waals surface area contributed by atoms with E-state index in [9.17, 15) is 0 Å². The molecule has 1 aromatic heterocycles. The van der Waals surface area contributed by atoms with Crippen LogP contribution in [-0.4, -0.2) is 22.8 Å². The number of ether oxygens (including phenoxy) is 2. The number of nitrogens with one attached hydrogen (secondary N) is 1. The normalized spacial score (nSPS) is 12.9. The van der Waals surface area contributed by atoms with Gasteiger partial charge < -0.3 is 19.4 Å². The lowest BCUT2D eigenvalue weighted by Crippen LogP contribution is -2.18. The summed E-state index contributed by atoms with van der Waals surface area (Å²) in [7, 11) is 0. The second-order valence-corrected chi connectivity index (χ2v) is 7.48. The molecule has 6 heteroatoms. The van der Waals surface area contributed by atoms with Gasteiger partial charge in [0.15, 0.2) is 16.7 Å². The Morgan fingerprint density at radius 2 is 1.83 bits per heavy atom. The zero-order valence-electron chi connectivity index (χ0n) is 16.7. The second-order valence-electron chi connectivity index (χ2n) is 7.13. The number of hydrogen-bond donors (Lipinski definition) is 1. The minimum Gasteiger partial charge on any atom is -0.486 e. The van der Waals surface area contributed by atoms with E-state index < -0.39 is 0 Å². The number of aromatic nitrogens is 2. The maximum atomic E-state index is 6.55.